The number of amides is 3. The SMILES string of the molecule is NC(=O)[C@@H](Cc1c[nH]c2ccccc12)NC(=O)[C@@H]1C(N2CCN(CC(=O)O)CCN(CC(=O)O)CCN(CC(=O)O)CC2)[C@@H](O)CN1C(=O)OCC1c2ccccc2-c2ccccc21. The van der Waals surface area contributed by atoms with Gasteiger partial charge in [-0.15, -0.1) is 0 Å². The average Bonchev–Trinajstić information content (AvgIpc) is 3.93. The Balaban J connectivity index is 1.20. The topological polar surface area (TPSA) is 263 Å². The van der Waals surface area contributed by atoms with E-state index in [2.05, 4.69) is 10.3 Å². The fourth-order valence-electron chi connectivity index (χ4n) is 9.32. The second kappa shape index (κ2) is 20.4. The van der Waals surface area contributed by atoms with Crippen LogP contribution in [0.1, 0.15) is 22.6 Å². The molecule has 3 aliphatic rings. The van der Waals surface area contributed by atoms with Crippen LogP contribution in [0.2, 0.25) is 0 Å². The first-order valence-electron chi connectivity index (χ1n) is 21.3. The molecule has 8 N–H and O–H groups in total. The number of nitrogens with one attached hydrogen (secondary N) is 2. The van der Waals surface area contributed by atoms with Gasteiger partial charge in [-0.2, -0.15) is 0 Å². The van der Waals surface area contributed by atoms with Crippen molar-refractivity contribution in [3.8, 4) is 11.1 Å². The summed E-state index contributed by atoms with van der Waals surface area (Å²) in [5.41, 5.74) is 11.4. The number of aliphatic hydroxyl groups excluding tert-OH is 1. The first kappa shape index (κ1) is 45.6. The molecule has 4 atom stereocenters. The molecule has 3 heterocycles. The van der Waals surface area contributed by atoms with E-state index in [0.29, 0.717) is 5.56 Å². The predicted molar refractivity (Wildman–Crippen MR) is 232 cm³/mol. The van der Waals surface area contributed by atoms with Crippen molar-refractivity contribution in [2.45, 2.75) is 36.6 Å². The van der Waals surface area contributed by atoms with E-state index in [1.54, 1.807) is 25.8 Å². The Morgan fingerprint density at radius 3 is 1.75 bits per heavy atom. The number of carboxylic acids is 3. The summed E-state index contributed by atoms with van der Waals surface area (Å²) in [6.45, 7) is -0.675. The molecule has 1 unspecified atom stereocenters. The van der Waals surface area contributed by atoms with Gasteiger partial charge in [0.15, 0.2) is 0 Å². The minimum Gasteiger partial charge on any atom is -0.480 e. The maximum atomic E-state index is 14.8. The summed E-state index contributed by atoms with van der Waals surface area (Å²) in [4.78, 5) is 88.9. The van der Waals surface area contributed by atoms with Crippen LogP contribution < -0.4 is 11.1 Å². The van der Waals surface area contributed by atoms with Crippen molar-refractivity contribution in [2.75, 3.05) is 85.1 Å². The van der Waals surface area contributed by atoms with E-state index in [1.807, 2.05) is 72.8 Å². The number of carbonyl (C=O) groups is 6. The normalized spacial score (nSPS) is 21.0. The van der Waals surface area contributed by atoms with Crippen molar-refractivity contribution < 1.29 is 53.9 Å². The van der Waals surface area contributed by atoms with Crippen molar-refractivity contribution in [1.29, 1.82) is 0 Å². The minimum atomic E-state index is -1.46. The maximum Gasteiger partial charge on any atom is 0.410 e. The number of aromatic amines is 1. The Kier molecular flexibility index (Phi) is 14.6. The summed E-state index contributed by atoms with van der Waals surface area (Å²) in [6, 6.07) is 19.2. The monoisotopic (exact) mass is 882 g/mol. The maximum absolute atomic E-state index is 14.8. The van der Waals surface area contributed by atoms with Gasteiger partial charge in [-0.25, -0.2) is 4.79 Å². The lowest BCUT2D eigenvalue weighted by Crippen LogP contribution is -2.61. The number of H-pyrrole nitrogens is 1. The zero-order valence-electron chi connectivity index (χ0n) is 35.3. The molecular weight excluding hydrogens is 829 g/mol. The van der Waals surface area contributed by atoms with E-state index < -0.39 is 73.1 Å². The molecule has 0 saturated carbocycles. The van der Waals surface area contributed by atoms with Gasteiger partial charge in [0, 0.05) is 81.8 Å². The number of carbonyl (C=O) groups excluding carboxylic acids is 3. The van der Waals surface area contributed by atoms with E-state index in [0.717, 1.165) is 38.1 Å². The first-order valence-corrected chi connectivity index (χ1v) is 21.3. The Morgan fingerprint density at radius 1 is 0.719 bits per heavy atom. The molecule has 3 amide bonds. The second-order valence-corrected chi connectivity index (χ2v) is 16.5. The number of fused-ring (bicyclic) bond motifs is 4. The van der Waals surface area contributed by atoms with E-state index in [9.17, 15) is 49.2 Å². The van der Waals surface area contributed by atoms with E-state index in [-0.39, 0.29) is 84.4 Å². The van der Waals surface area contributed by atoms with Gasteiger partial charge >= 0.3 is 24.0 Å². The zero-order valence-corrected chi connectivity index (χ0v) is 35.3. The third-order valence-corrected chi connectivity index (χ3v) is 12.4. The van der Waals surface area contributed by atoms with Crippen molar-refractivity contribution >= 4 is 46.7 Å². The molecule has 0 bridgehead atoms. The van der Waals surface area contributed by atoms with Crippen molar-refractivity contribution in [3.63, 3.8) is 0 Å². The molecule has 4 aromatic rings. The van der Waals surface area contributed by atoms with Gasteiger partial charge in [0.1, 0.15) is 18.7 Å². The number of ether oxygens (including phenoxy) is 1. The lowest BCUT2D eigenvalue weighted by Gasteiger charge is -2.38. The summed E-state index contributed by atoms with van der Waals surface area (Å²) in [7, 11) is 0. The number of carboxylic acid groups (broad SMARTS) is 3. The number of para-hydroxylation sites is 1. The molecule has 340 valence electrons. The van der Waals surface area contributed by atoms with Crippen molar-refractivity contribution in [3.05, 3.63) is 95.7 Å². The number of aromatic nitrogens is 1. The molecule has 19 heteroatoms. The zero-order chi connectivity index (χ0) is 45.5. The number of nitrogens with zero attached hydrogens (tertiary/aromatic N) is 5. The van der Waals surface area contributed by atoms with Crippen LogP contribution in [0.3, 0.4) is 0 Å². The number of nitrogens with two attached hydrogens (primary N) is 1. The molecule has 1 aromatic heterocycles. The summed E-state index contributed by atoms with van der Waals surface area (Å²) in [5, 5.41) is 44.8. The highest BCUT2D eigenvalue weighted by atomic mass is 16.6. The van der Waals surface area contributed by atoms with E-state index in [1.165, 1.54) is 0 Å². The molecule has 0 spiro atoms. The highest BCUT2D eigenvalue weighted by molar-refractivity contribution is 5.93. The number of likely N-dealkylation sites (tertiary alicyclic amines) is 1. The molecular formula is C45H54N8O11. The number of aliphatic carboxylic acids is 3. The molecule has 2 saturated heterocycles. The van der Waals surface area contributed by atoms with Gasteiger partial charge in [0.25, 0.3) is 0 Å². The summed E-state index contributed by atoms with van der Waals surface area (Å²) >= 11 is 0. The molecule has 1 aliphatic carbocycles. The Labute approximate surface area is 368 Å². The number of hydrogen-bond donors (Lipinski definition) is 7. The minimum absolute atomic E-state index is 0.00682. The van der Waals surface area contributed by atoms with Gasteiger partial charge in [-0.1, -0.05) is 66.7 Å². The molecule has 19 nitrogen and oxygen atoms in total. The molecule has 7 rings (SSSR count). The quantitative estimate of drug-likeness (QED) is 0.0911. The first-order chi connectivity index (χ1) is 30.8. The van der Waals surface area contributed by atoms with Crippen LogP contribution in [0.4, 0.5) is 4.79 Å². The lowest BCUT2D eigenvalue weighted by atomic mass is 9.98. The number of rotatable bonds is 14. The van der Waals surface area contributed by atoms with E-state index in [4.69, 9.17) is 10.5 Å². The Hall–Kier alpha value is -6.38. The number of β-amino-alcohol motifs (C(OH)–C–C–N with tert-alkyl or cyclic N) is 1. The van der Waals surface area contributed by atoms with Crippen LogP contribution in [-0.4, -0.2) is 195 Å². The van der Waals surface area contributed by atoms with Crippen LogP contribution >= 0.6 is 0 Å². The fraction of sp³-hybridized carbons (Fsp3) is 0.422. The molecule has 3 aromatic carbocycles. The third-order valence-electron chi connectivity index (χ3n) is 12.4. The molecule has 64 heavy (non-hydrogen) atoms. The number of primary amides is 1. The Morgan fingerprint density at radius 2 is 1.22 bits per heavy atom. The van der Waals surface area contributed by atoms with Crippen LogP contribution in [0.5, 0.6) is 0 Å². The number of hydrogen-bond acceptors (Lipinski definition) is 12. The van der Waals surface area contributed by atoms with Gasteiger partial charge in [0.05, 0.1) is 38.3 Å². The number of benzene rings is 3. The van der Waals surface area contributed by atoms with Crippen molar-refractivity contribution in [2.24, 2.45) is 5.73 Å². The van der Waals surface area contributed by atoms with Gasteiger partial charge < -0.3 is 41.2 Å². The highest BCUT2D eigenvalue weighted by Crippen LogP contribution is 2.44. The van der Waals surface area contributed by atoms with Crippen LogP contribution in [0, 0.1) is 0 Å². The smallest absolute Gasteiger partial charge is 0.410 e. The van der Waals surface area contributed by atoms with E-state index >= 15 is 0 Å². The summed E-state index contributed by atoms with van der Waals surface area (Å²) < 4.78 is 6.03. The van der Waals surface area contributed by atoms with Gasteiger partial charge in [-0.05, 0) is 33.9 Å². The molecule has 0 radical (unpaired) electrons. The summed E-state index contributed by atoms with van der Waals surface area (Å²) in [5.74, 6) is -5.28. The predicted octanol–water partition coefficient (Wildman–Crippen LogP) is 0.519. The van der Waals surface area contributed by atoms with Crippen LogP contribution in [0.25, 0.3) is 22.0 Å². The third kappa shape index (κ3) is 10.7. The lowest BCUT2D eigenvalue weighted by molar-refractivity contribution is -0.140. The fourth-order valence-corrected chi connectivity index (χ4v) is 9.32. The van der Waals surface area contributed by atoms with Gasteiger partial charge in [0.2, 0.25) is 11.8 Å². The van der Waals surface area contributed by atoms with Crippen LogP contribution in [-0.2, 0) is 35.1 Å². The molecule has 2 fully saturated rings. The van der Waals surface area contributed by atoms with Crippen LogP contribution in [0.15, 0.2) is 79.0 Å². The molecule has 2 aliphatic heterocycles. The second-order valence-electron chi connectivity index (χ2n) is 16.5. The standard InChI is InChI=1S/C45H54N8O11/c46-43(61)36(21-28-22-47-35-12-6-5-7-29(28)35)48-44(62)42-41(37(54)23-53(42)45(63)64-27-34-32-10-3-1-8-30(32)31-9-2-4-11-33(31)34)52-19-17-50(25-39(57)58)15-13-49(24-38(55)56)14-16-51(18-20-52)26-40(59)60/h1-12,22,34,36-37,41-42,47,54H,13-21,23-27H2,(H2,46,61)(H,48,62)(H,55,56)(H,57,58)(H,59,60)/t36-,37+,41?,42+/m1/s1. The van der Waals surface area contributed by atoms with Crippen molar-refractivity contribution in [1.82, 2.24) is 34.8 Å². The highest BCUT2D eigenvalue weighted by Gasteiger charge is 2.51. The van der Waals surface area contributed by atoms with Gasteiger partial charge in [-0.3, -0.25) is 48.5 Å². The summed E-state index contributed by atoms with van der Waals surface area (Å²) in [6.07, 6.45) is -0.519. The average molecular weight is 883 g/mol. The Bertz CT molecular complexity index is 2280. The number of aliphatic hydroxyl groups is 1. The largest absolute Gasteiger partial charge is 0.480 e.